The Hall–Kier alpha value is -2.61. The number of piperazine rings is 1. The van der Waals surface area contributed by atoms with E-state index in [1.54, 1.807) is 7.11 Å². The van der Waals surface area contributed by atoms with Crippen LogP contribution in [0.25, 0.3) is 0 Å². The van der Waals surface area contributed by atoms with Crippen molar-refractivity contribution in [1.82, 2.24) is 9.80 Å². The second kappa shape index (κ2) is 11.2. The first-order chi connectivity index (χ1) is 12.7. The van der Waals surface area contributed by atoms with Crippen LogP contribution in [0.4, 0.5) is 0 Å². The highest BCUT2D eigenvalue weighted by atomic mass is 16.5. The van der Waals surface area contributed by atoms with Crippen molar-refractivity contribution in [1.29, 1.82) is 0 Å². The molecule has 1 fully saturated rings. The van der Waals surface area contributed by atoms with E-state index in [2.05, 4.69) is 30.9 Å². The molecule has 0 unspecified atom stereocenters. The minimum Gasteiger partial charge on any atom is -0.497 e. The molecular weight excluding hydrogens is 352 g/mol. The lowest BCUT2D eigenvalue weighted by atomic mass is 10.1. The molecule has 1 aromatic carbocycles. The Labute approximate surface area is 159 Å². The largest absolute Gasteiger partial charge is 0.497 e. The summed E-state index contributed by atoms with van der Waals surface area (Å²) < 4.78 is 5.17. The molecule has 0 saturated carbocycles. The van der Waals surface area contributed by atoms with Gasteiger partial charge in [0.1, 0.15) is 5.75 Å². The number of benzene rings is 1. The smallest absolute Gasteiger partial charge is 0.414 e. The minimum absolute atomic E-state index is 0.300. The van der Waals surface area contributed by atoms with Crippen LogP contribution >= 0.6 is 0 Å². The number of rotatable bonds is 5. The van der Waals surface area contributed by atoms with E-state index in [0.717, 1.165) is 38.5 Å². The molecule has 150 valence electrons. The average Bonchev–Trinajstić information content (AvgIpc) is 2.63. The summed E-state index contributed by atoms with van der Waals surface area (Å²) in [7, 11) is 1.68. The fourth-order valence-electron chi connectivity index (χ4n) is 2.62. The number of carboxylic acid groups (broad SMARTS) is 2. The van der Waals surface area contributed by atoms with E-state index in [9.17, 15) is 4.79 Å². The summed E-state index contributed by atoms with van der Waals surface area (Å²) in [5.74, 6) is -2.02. The Kier molecular flexibility index (Phi) is 9.29. The molecule has 8 heteroatoms. The number of carboxylic acids is 2. The van der Waals surface area contributed by atoms with Gasteiger partial charge < -0.3 is 19.8 Å². The van der Waals surface area contributed by atoms with E-state index < -0.39 is 11.9 Å². The molecule has 1 saturated heterocycles. The van der Waals surface area contributed by atoms with Gasteiger partial charge in [-0.3, -0.25) is 9.69 Å². The van der Waals surface area contributed by atoms with E-state index in [1.807, 2.05) is 17.0 Å². The summed E-state index contributed by atoms with van der Waals surface area (Å²) in [4.78, 5) is 34.6. The molecule has 0 atom stereocenters. The maximum atomic E-state index is 12.0. The summed E-state index contributed by atoms with van der Waals surface area (Å²) in [5, 5.41) is 14.8. The summed E-state index contributed by atoms with van der Waals surface area (Å²) in [6, 6.07) is 8.21. The van der Waals surface area contributed by atoms with Crippen LogP contribution in [0.2, 0.25) is 0 Å². The molecule has 1 aliphatic heterocycles. The Balaban J connectivity index is 0.000000527. The molecule has 2 N–H and O–H groups in total. The van der Waals surface area contributed by atoms with Crippen molar-refractivity contribution >= 4 is 17.8 Å². The van der Waals surface area contributed by atoms with Gasteiger partial charge in [0.05, 0.1) is 7.11 Å². The molecule has 1 aromatic rings. The van der Waals surface area contributed by atoms with Crippen LogP contribution < -0.4 is 4.74 Å². The third kappa shape index (κ3) is 8.54. The normalized spacial score (nSPS) is 14.3. The summed E-state index contributed by atoms with van der Waals surface area (Å²) >= 11 is 0. The van der Waals surface area contributed by atoms with E-state index in [0.29, 0.717) is 18.2 Å². The van der Waals surface area contributed by atoms with Crippen molar-refractivity contribution < 1.29 is 29.3 Å². The summed E-state index contributed by atoms with van der Waals surface area (Å²) in [6.45, 7) is 8.74. The van der Waals surface area contributed by atoms with E-state index in [1.165, 1.54) is 5.56 Å². The molecule has 8 nitrogen and oxygen atoms in total. The van der Waals surface area contributed by atoms with Crippen molar-refractivity contribution in [3.05, 3.63) is 29.8 Å². The number of hydrogen-bond donors (Lipinski definition) is 2. The van der Waals surface area contributed by atoms with E-state index in [4.69, 9.17) is 24.5 Å². The van der Waals surface area contributed by atoms with E-state index >= 15 is 0 Å². The van der Waals surface area contributed by atoms with Crippen LogP contribution in [0.1, 0.15) is 25.8 Å². The van der Waals surface area contributed by atoms with Crippen molar-refractivity contribution in [2.45, 2.75) is 26.8 Å². The standard InChI is InChI=1S/C17H26N2O2.C2H2O4/c1-14(2)12-17(20)19-10-8-18(9-11-19)13-15-4-6-16(21-3)7-5-15;3-1(4)2(5)6/h4-7,14H,8-13H2,1-3H3;(H,3,4)(H,5,6). The first-order valence-corrected chi connectivity index (χ1v) is 8.82. The molecule has 1 amide bonds. The lowest BCUT2D eigenvalue weighted by Crippen LogP contribution is -2.48. The molecule has 1 heterocycles. The number of hydrogen-bond acceptors (Lipinski definition) is 5. The van der Waals surface area contributed by atoms with Crippen LogP contribution in [0.15, 0.2) is 24.3 Å². The Morgan fingerprint density at radius 2 is 1.52 bits per heavy atom. The average molecular weight is 380 g/mol. The fourth-order valence-corrected chi connectivity index (χ4v) is 2.62. The zero-order valence-corrected chi connectivity index (χ0v) is 16.1. The number of aliphatic carboxylic acids is 2. The van der Waals surface area contributed by atoms with Gasteiger partial charge in [-0.1, -0.05) is 26.0 Å². The first kappa shape index (κ1) is 22.4. The zero-order chi connectivity index (χ0) is 20.4. The van der Waals surface area contributed by atoms with Crippen molar-refractivity contribution in [2.75, 3.05) is 33.3 Å². The van der Waals surface area contributed by atoms with Crippen LogP contribution in [0, 0.1) is 5.92 Å². The molecule has 0 spiro atoms. The molecule has 2 rings (SSSR count). The van der Waals surface area contributed by atoms with Gasteiger partial charge >= 0.3 is 11.9 Å². The molecule has 0 aliphatic carbocycles. The van der Waals surface area contributed by atoms with Crippen LogP contribution in [0.3, 0.4) is 0 Å². The van der Waals surface area contributed by atoms with Gasteiger partial charge in [0.25, 0.3) is 0 Å². The second-order valence-corrected chi connectivity index (χ2v) is 6.71. The second-order valence-electron chi connectivity index (χ2n) is 6.71. The van der Waals surface area contributed by atoms with Gasteiger partial charge in [0.15, 0.2) is 0 Å². The van der Waals surface area contributed by atoms with Crippen LogP contribution in [-0.4, -0.2) is 71.1 Å². The number of carbonyl (C=O) groups is 3. The highest BCUT2D eigenvalue weighted by Crippen LogP contribution is 2.15. The summed E-state index contributed by atoms with van der Waals surface area (Å²) in [6.07, 6.45) is 0.665. The molecule has 27 heavy (non-hydrogen) atoms. The maximum Gasteiger partial charge on any atom is 0.414 e. The monoisotopic (exact) mass is 380 g/mol. The summed E-state index contributed by atoms with van der Waals surface area (Å²) in [5.41, 5.74) is 1.29. The van der Waals surface area contributed by atoms with Crippen LogP contribution in [-0.2, 0) is 20.9 Å². The Morgan fingerprint density at radius 3 is 1.93 bits per heavy atom. The number of ether oxygens (including phenoxy) is 1. The topological polar surface area (TPSA) is 107 Å². The number of amides is 1. The van der Waals surface area contributed by atoms with Crippen molar-refractivity contribution in [3.8, 4) is 5.75 Å². The van der Waals surface area contributed by atoms with Crippen molar-refractivity contribution in [2.24, 2.45) is 5.92 Å². The van der Waals surface area contributed by atoms with Gasteiger partial charge in [-0.15, -0.1) is 0 Å². The fraction of sp³-hybridized carbons (Fsp3) is 0.526. The highest BCUT2D eigenvalue weighted by Gasteiger charge is 2.21. The minimum atomic E-state index is -1.82. The SMILES string of the molecule is COc1ccc(CN2CCN(C(=O)CC(C)C)CC2)cc1.O=C(O)C(=O)O. The number of methoxy groups -OCH3 is 1. The number of carbonyl (C=O) groups excluding carboxylic acids is 1. The molecule has 0 aromatic heterocycles. The Bertz CT molecular complexity index is 610. The first-order valence-electron chi connectivity index (χ1n) is 8.82. The third-order valence-electron chi connectivity index (χ3n) is 4.06. The van der Waals surface area contributed by atoms with Gasteiger partial charge in [0.2, 0.25) is 5.91 Å². The molecule has 0 bridgehead atoms. The molecule has 1 aliphatic rings. The Morgan fingerprint density at radius 1 is 1.00 bits per heavy atom. The lowest BCUT2D eigenvalue weighted by molar-refractivity contribution is -0.159. The van der Waals surface area contributed by atoms with Crippen molar-refractivity contribution in [3.63, 3.8) is 0 Å². The maximum absolute atomic E-state index is 12.0. The highest BCUT2D eigenvalue weighted by molar-refractivity contribution is 6.27. The number of nitrogens with zero attached hydrogens (tertiary/aromatic N) is 2. The predicted octanol–water partition coefficient (Wildman–Crippen LogP) is 1.54. The van der Waals surface area contributed by atoms with Crippen LogP contribution in [0.5, 0.6) is 5.75 Å². The van der Waals surface area contributed by atoms with Gasteiger partial charge in [0, 0.05) is 39.1 Å². The van der Waals surface area contributed by atoms with Gasteiger partial charge in [-0.2, -0.15) is 0 Å². The van der Waals surface area contributed by atoms with Gasteiger partial charge in [-0.05, 0) is 23.6 Å². The van der Waals surface area contributed by atoms with E-state index in [-0.39, 0.29) is 0 Å². The molecular formula is C19H28N2O6. The van der Waals surface area contributed by atoms with Gasteiger partial charge in [-0.25, -0.2) is 9.59 Å². The quantitative estimate of drug-likeness (QED) is 0.746. The molecule has 0 radical (unpaired) electrons. The lowest BCUT2D eigenvalue weighted by Gasteiger charge is -2.35. The zero-order valence-electron chi connectivity index (χ0n) is 16.1. The third-order valence-corrected chi connectivity index (χ3v) is 4.06. The predicted molar refractivity (Wildman–Crippen MR) is 99.6 cm³/mol.